The first kappa shape index (κ1) is 16.0. The Morgan fingerprint density at radius 2 is 1.89 bits per heavy atom. The zero-order chi connectivity index (χ0) is 14.5. The maximum atomic E-state index is 11.8. The highest BCUT2D eigenvalue weighted by Gasteiger charge is 2.28. The highest BCUT2D eigenvalue weighted by Crippen LogP contribution is 2.15. The molecule has 1 aromatic carbocycles. The van der Waals surface area contributed by atoms with E-state index in [0.717, 1.165) is 10.0 Å². The minimum absolute atomic E-state index is 0.321. The first-order valence-electron chi connectivity index (χ1n) is 5.41. The van der Waals surface area contributed by atoms with E-state index in [4.69, 9.17) is 0 Å². The van der Waals surface area contributed by atoms with Gasteiger partial charge in [0.1, 0.15) is 13.2 Å². The number of carbonyl (C=O) groups excluding carboxylic acids is 1. The normalized spacial score (nSPS) is 11.4. The average molecular weight is 340 g/mol. The highest BCUT2D eigenvalue weighted by atomic mass is 79.9. The molecule has 3 nitrogen and oxygen atoms in total. The fourth-order valence-electron chi connectivity index (χ4n) is 1.32. The van der Waals surface area contributed by atoms with Gasteiger partial charge in [-0.25, -0.2) is 0 Å². The third kappa shape index (κ3) is 6.58. The molecule has 1 aromatic rings. The monoisotopic (exact) mass is 339 g/mol. The van der Waals surface area contributed by atoms with Crippen molar-refractivity contribution >= 4 is 21.8 Å². The summed E-state index contributed by atoms with van der Waals surface area (Å²) < 4.78 is 40.7. The number of rotatable bonds is 5. The van der Waals surface area contributed by atoms with Crippen molar-refractivity contribution in [2.75, 3.05) is 20.3 Å². The summed E-state index contributed by atoms with van der Waals surface area (Å²) in [4.78, 5) is 12.8. The van der Waals surface area contributed by atoms with Crippen LogP contribution in [0.3, 0.4) is 0 Å². The van der Waals surface area contributed by atoms with E-state index in [2.05, 4.69) is 20.7 Å². The first-order valence-corrected chi connectivity index (χ1v) is 6.20. The lowest BCUT2D eigenvalue weighted by atomic mass is 10.2. The molecule has 0 bridgehead atoms. The molecule has 1 amide bonds. The molecule has 0 spiro atoms. The van der Waals surface area contributed by atoms with E-state index in [1.54, 1.807) is 0 Å². The van der Waals surface area contributed by atoms with Crippen molar-refractivity contribution in [3.8, 4) is 0 Å². The predicted molar refractivity (Wildman–Crippen MR) is 67.5 cm³/mol. The second-order valence-electron chi connectivity index (χ2n) is 3.98. The Morgan fingerprint density at radius 1 is 1.32 bits per heavy atom. The molecule has 19 heavy (non-hydrogen) atoms. The molecule has 106 valence electrons. The Kier molecular flexibility index (Phi) is 5.81. The molecule has 0 N–H and O–H groups in total. The van der Waals surface area contributed by atoms with Crippen LogP contribution in [0, 0.1) is 0 Å². The second kappa shape index (κ2) is 6.91. The molecule has 0 heterocycles. The lowest BCUT2D eigenvalue weighted by Gasteiger charge is -2.17. The molecule has 0 aliphatic rings. The van der Waals surface area contributed by atoms with Crippen molar-refractivity contribution in [3.05, 3.63) is 34.3 Å². The summed E-state index contributed by atoms with van der Waals surface area (Å²) in [5, 5.41) is 0. The van der Waals surface area contributed by atoms with Gasteiger partial charge in [0.2, 0.25) is 5.91 Å². The van der Waals surface area contributed by atoms with E-state index in [-0.39, 0.29) is 0 Å². The molecule has 0 saturated heterocycles. The smallest absolute Gasteiger partial charge is 0.362 e. The van der Waals surface area contributed by atoms with Crippen LogP contribution in [0.1, 0.15) is 5.56 Å². The summed E-state index contributed by atoms with van der Waals surface area (Å²) in [6.07, 6.45) is -4.41. The van der Waals surface area contributed by atoms with Gasteiger partial charge in [0.15, 0.2) is 0 Å². The molecular formula is C12H13BrF3NO2. The summed E-state index contributed by atoms with van der Waals surface area (Å²) in [7, 11) is 1.52. The van der Waals surface area contributed by atoms with Gasteiger partial charge in [0.25, 0.3) is 0 Å². The zero-order valence-electron chi connectivity index (χ0n) is 10.2. The molecule has 0 aliphatic carbocycles. The van der Waals surface area contributed by atoms with Crippen LogP contribution >= 0.6 is 15.9 Å². The SMILES string of the molecule is CN(Cc1ccc(Br)cc1)C(=O)COCC(F)(F)F. The number of amides is 1. The number of alkyl halides is 3. The van der Waals surface area contributed by atoms with Gasteiger partial charge >= 0.3 is 6.18 Å². The van der Waals surface area contributed by atoms with Crippen LogP contribution in [0.4, 0.5) is 13.2 Å². The first-order chi connectivity index (χ1) is 8.78. The Hall–Kier alpha value is -1.08. The maximum Gasteiger partial charge on any atom is 0.411 e. The zero-order valence-corrected chi connectivity index (χ0v) is 11.8. The third-order valence-electron chi connectivity index (χ3n) is 2.25. The summed E-state index contributed by atoms with van der Waals surface area (Å²) in [5.74, 6) is -0.493. The highest BCUT2D eigenvalue weighted by molar-refractivity contribution is 9.10. The van der Waals surface area contributed by atoms with Crippen molar-refractivity contribution < 1.29 is 22.7 Å². The van der Waals surface area contributed by atoms with E-state index in [0.29, 0.717) is 6.54 Å². The van der Waals surface area contributed by atoms with Crippen molar-refractivity contribution in [1.29, 1.82) is 0 Å². The molecule has 7 heteroatoms. The second-order valence-corrected chi connectivity index (χ2v) is 4.90. The quantitative estimate of drug-likeness (QED) is 0.825. The van der Waals surface area contributed by atoms with Gasteiger partial charge in [-0.3, -0.25) is 4.79 Å². The Morgan fingerprint density at radius 3 is 2.42 bits per heavy atom. The number of benzene rings is 1. The number of likely N-dealkylation sites (N-methyl/N-ethyl adjacent to an activating group) is 1. The van der Waals surface area contributed by atoms with Crippen LogP contribution in [-0.4, -0.2) is 37.2 Å². The van der Waals surface area contributed by atoms with Crippen molar-refractivity contribution in [1.82, 2.24) is 4.90 Å². The van der Waals surface area contributed by atoms with Crippen LogP contribution in [0.5, 0.6) is 0 Å². The standard InChI is InChI=1S/C12H13BrF3NO2/c1-17(6-9-2-4-10(13)5-3-9)11(18)7-19-8-12(14,15)16/h2-5H,6-8H2,1H3. The lowest BCUT2D eigenvalue weighted by Crippen LogP contribution is -2.31. The van der Waals surface area contributed by atoms with E-state index in [1.165, 1.54) is 11.9 Å². The third-order valence-corrected chi connectivity index (χ3v) is 2.78. The molecular weight excluding hydrogens is 327 g/mol. The molecule has 0 aromatic heterocycles. The predicted octanol–water partition coefficient (Wildman–Crippen LogP) is 2.99. The van der Waals surface area contributed by atoms with Crippen LogP contribution in [0.25, 0.3) is 0 Å². The molecule has 0 aliphatic heterocycles. The van der Waals surface area contributed by atoms with Crippen LogP contribution in [0.15, 0.2) is 28.7 Å². The van der Waals surface area contributed by atoms with Crippen LogP contribution < -0.4 is 0 Å². The number of hydrogen-bond donors (Lipinski definition) is 0. The number of carbonyl (C=O) groups is 1. The average Bonchev–Trinajstić information content (AvgIpc) is 2.30. The molecule has 0 saturated carbocycles. The van der Waals surface area contributed by atoms with Gasteiger partial charge in [0.05, 0.1) is 0 Å². The van der Waals surface area contributed by atoms with Crippen LogP contribution in [0.2, 0.25) is 0 Å². The van der Waals surface area contributed by atoms with E-state index < -0.39 is 25.3 Å². The number of ether oxygens (including phenoxy) is 1. The topological polar surface area (TPSA) is 29.5 Å². The van der Waals surface area contributed by atoms with Crippen LogP contribution in [-0.2, 0) is 16.1 Å². The minimum atomic E-state index is -4.41. The largest absolute Gasteiger partial charge is 0.411 e. The number of hydrogen-bond acceptors (Lipinski definition) is 2. The van der Waals surface area contributed by atoms with Gasteiger partial charge < -0.3 is 9.64 Å². The molecule has 0 unspecified atom stereocenters. The van der Waals surface area contributed by atoms with Gasteiger partial charge in [-0.15, -0.1) is 0 Å². The van der Waals surface area contributed by atoms with Crippen molar-refractivity contribution in [3.63, 3.8) is 0 Å². The van der Waals surface area contributed by atoms with E-state index in [9.17, 15) is 18.0 Å². The van der Waals surface area contributed by atoms with Gasteiger partial charge in [-0.05, 0) is 17.7 Å². The van der Waals surface area contributed by atoms with E-state index in [1.807, 2.05) is 24.3 Å². The minimum Gasteiger partial charge on any atom is -0.362 e. The Labute approximate surface area is 117 Å². The number of nitrogens with zero attached hydrogens (tertiary/aromatic N) is 1. The van der Waals surface area contributed by atoms with Gasteiger partial charge in [-0.1, -0.05) is 28.1 Å². The molecule has 1 rings (SSSR count). The summed E-state index contributed by atoms with van der Waals surface area (Å²) in [6.45, 7) is -1.67. The molecule has 0 atom stereocenters. The fraction of sp³-hybridized carbons (Fsp3) is 0.417. The number of halogens is 4. The van der Waals surface area contributed by atoms with Gasteiger partial charge in [0, 0.05) is 18.1 Å². The molecule has 0 fully saturated rings. The van der Waals surface area contributed by atoms with Crippen molar-refractivity contribution in [2.24, 2.45) is 0 Å². The molecule has 0 radical (unpaired) electrons. The Balaban J connectivity index is 2.38. The van der Waals surface area contributed by atoms with Crippen molar-refractivity contribution in [2.45, 2.75) is 12.7 Å². The summed E-state index contributed by atoms with van der Waals surface area (Å²) >= 11 is 3.29. The van der Waals surface area contributed by atoms with Gasteiger partial charge in [-0.2, -0.15) is 13.2 Å². The summed E-state index contributed by atoms with van der Waals surface area (Å²) in [5.41, 5.74) is 0.884. The lowest BCUT2D eigenvalue weighted by molar-refractivity contribution is -0.177. The van der Waals surface area contributed by atoms with E-state index >= 15 is 0 Å². The maximum absolute atomic E-state index is 11.8. The fourth-order valence-corrected chi connectivity index (χ4v) is 1.58. The Bertz CT molecular complexity index is 420. The summed E-state index contributed by atoms with van der Waals surface area (Å²) in [6, 6.07) is 7.30.